The Bertz CT molecular complexity index is 1120. The highest BCUT2D eigenvalue weighted by atomic mass is 16.5. The number of hydrogen-bond acceptors (Lipinski definition) is 4. The van der Waals surface area contributed by atoms with E-state index in [1.54, 1.807) is 14.2 Å². The molecule has 1 heterocycles. The zero-order valence-electron chi connectivity index (χ0n) is 20.6. The molecule has 0 saturated carbocycles. The second-order valence-electron chi connectivity index (χ2n) is 8.70. The monoisotopic (exact) mass is 470 g/mol. The lowest BCUT2D eigenvalue weighted by Gasteiger charge is -2.26. The Hall–Kier alpha value is -3.57. The molecule has 0 radical (unpaired) electrons. The van der Waals surface area contributed by atoms with Crippen molar-refractivity contribution in [2.75, 3.05) is 40.4 Å². The number of carbonyl (C=O) groups excluding carboxylic acids is 1. The standard InChI is InChI=1S/C30H34N2O3/c1-31-30(33)29(25-13-17-27(18-14-25)35-22-21-32-19-7-4-8-20-32)28(23-9-5-3-6-10-23)24-11-15-26(34-2)16-12-24/h3,5-6,9-18H,4,7-8,19-22H2,1-2H3,(H,31,33)/b29-28-. The number of benzene rings is 3. The summed E-state index contributed by atoms with van der Waals surface area (Å²) in [6.07, 6.45) is 3.89. The normalized spacial score (nSPS) is 14.7. The molecule has 3 aromatic rings. The van der Waals surface area contributed by atoms with Gasteiger partial charge in [-0.25, -0.2) is 0 Å². The molecule has 0 bridgehead atoms. The highest BCUT2D eigenvalue weighted by Crippen LogP contribution is 2.34. The van der Waals surface area contributed by atoms with Gasteiger partial charge in [0.1, 0.15) is 18.1 Å². The topological polar surface area (TPSA) is 50.8 Å². The van der Waals surface area contributed by atoms with Gasteiger partial charge >= 0.3 is 0 Å². The van der Waals surface area contributed by atoms with Crippen molar-refractivity contribution in [1.29, 1.82) is 0 Å². The van der Waals surface area contributed by atoms with Crippen LogP contribution >= 0.6 is 0 Å². The van der Waals surface area contributed by atoms with Gasteiger partial charge in [0.15, 0.2) is 0 Å². The highest BCUT2D eigenvalue weighted by Gasteiger charge is 2.20. The van der Waals surface area contributed by atoms with E-state index in [2.05, 4.69) is 10.2 Å². The summed E-state index contributed by atoms with van der Waals surface area (Å²) < 4.78 is 11.4. The second-order valence-corrected chi connectivity index (χ2v) is 8.70. The summed E-state index contributed by atoms with van der Waals surface area (Å²) in [5, 5.41) is 2.83. The van der Waals surface area contributed by atoms with E-state index in [0.29, 0.717) is 12.2 Å². The number of carbonyl (C=O) groups is 1. The van der Waals surface area contributed by atoms with Crippen LogP contribution < -0.4 is 14.8 Å². The fraction of sp³-hybridized carbons (Fsp3) is 0.300. The molecule has 1 amide bonds. The summed E-state index contributed by atoms with van der Waals surface area (Å²) in [5.41, 5.74) is 4.23. The molecule has 3 aromatic carbocycles. The van der Waals surface area contributed by atoms with Crippen LogP contribution in [0.25, 0.3) is 11.1 Å². The maximum absolute atomic E-state index is 13.2. The Morgan fingerprint density at radius 3 is 2.03 bits per heavy atom. The summed E-state index contributed by atoms with van der Waals surface area (Å²) in [7, 11) is 3.31. The number of nitrogens with one attached hydrogen (secondary N) is 1. The quantitative estimate of drug-likeness (QED) is 0.342. The molecule has 1 aliphatic rings. The molecule has 0 aliphatic carbocycles. The minimum Gasteiger partial charge on any atom is -0.497 e. The molecule has 1 saturated heterocycles. The van der Waals surface area contributed by atoms with Crippen molar-refractivity contribution in [3.05, 3.63) is 95.6 Å². The van der Waals surface area contributed by atoms with E-state index in [1.807, 2.05) is 78.9 Å². The maximum atomic E-state index is 13.2. The first-order valence-electron chi connectivity index (χ1n) is 12.3. The van der Waals surface area contributed by atoms with Crippen LogP contribution in [0, 0.1) is 0 Å². The molecule has 182 valence electrons. The van der Waals surface area contributed by atoms with Crippen molar-refractivity contribution in [3.8, 4) is 11.5 Å². The molecule has 0 aromatic heterocycles. The summed E-state index contributed by atoms with van der Waals surface area (Å²) in [5.74, 6) is 1.44. The van der Waals surface area contributed by atoms with Crippen molar-refractivity contribution in [3.63, 3.8) is 0 Å². The summed E-state index contributed by atoms with van der Waals surface area (Å²) in [6, 6.07) is 25.6. The number of amides is 1. The zero-order chi connectivity index (χ0) is 24.5. The SMILES string of the molecule is CNC(=O)/C(=C(/c1ccccc1)c1ccc(OC)cc1)c1ccc(OCCN2CCCCC2)cc1. The Balaban J connectivity index is 1.65. The minimum absolute atomic E-state index is 0.140. The van der Waals surface area contributed by atoms with Crippen LogP contribution in [0.3, 0.4) is 0 Å². The van der Waals surface area contributed by atoms with Gasteiger partial charge < -0.3 is 14.8 Å². The lowest BCUT2D eigenvalue weighted by Crippen LogP contribution is -2.33. The van der Waals surface area contributed by atoms with Crippen LogP contribution in [-0.2, 0) is 4.79 Å². The van der Waals surface area contributed by atoms with Gasteiger partial charge in [-0.3, -0.25) is 9.69 Å². The molecule has 5 heteroatoms. The van der Waals surface area contributed by atoms with E-state index in [4.69, 9.17) is 9.47 Å². The first-order chi connectivity index (χ1) is 17.2. The largest absolute Gasteiger partial charge is 0.497 e. The molecule has 0 spiro atoms. The van der Waals surface area contributed by atoms with Gasteiger partial charge in [0.05, 0.1) is 12.7 Å². The third-order valence-corrected chi connectivity index (χ3v) is 6.41. The minimum atomic E-state index is -0.140. The van der Waals surface area contributed by atoms with E-state index in [0.717, 1.165) is 53.4 Å². The lowest BCUT2D eigenvalue weighted by atomic mass is 9.89. The molecule has 4 rings (SSSR count). The summed E-state index contributed by atoms with van der Waals surface area (Å²) in [4.78, 5) is 15.7. The van der Waals surface area contributed by atoms with Crippen molar-refractivity contribution < 1.29 is 14.3 Å². The molecular formula is C30H34N2O3. The Morgan fingerprint density at radius 2 is 1.40 bits per heavy atom. The van der Waals surface area contributed by atoms with Gasteiger partial charge in [-0.05, 0) is 66.9 Å². The molecule has 1 N–H and O–H groups in total. The molecule has 0 atom stereocenters. The number of piperidine rings is 1. The number of rotatable bonds is 9. The van der Waals surface area contributed by atoms with E-state index >= 15 is 0 Å². The van der Waals surface area contributed by atoms with Gasteiger partial charge in [-0.15, -0.1) is 0 Å². The smallest absolute Gasteiger partial charge is 0.252 e. The average molecular weight is 471 g/mol. The van der Waals surface area contributed by atoms with Gasteiger partial charge in [-0.2, -0.15) is 0 Å². The van der Waals surface area contributed by atoms with E-state index < -0.39 is 0 Å². The molecule has 0 unspecified atom stereocenters. The van der Waals surface area contributed by atoms with Crippen molar-refractivity contribution in [2.24, 2.45) is 0 Å². The molecule has 1 fully saturated rings. The number of hydrogen-bond donors (Lipinski definition) is 1. The van der Waals surface area contributed by atoms with E-state index in [9.17, 15) is 4.79 Å². The average Bonchev–Trinajstić information content (AvgIpc) is 2.93. The predicted octanol–water partition coefficient (Wildman–Crippen LogP) is 5.27. The number of ether oxygens (including phenoxy) is 2. The van der Waals surface area contributed by atoms with Gasteiger partial charge in [-0.1, -0.05) is 61.0 Å². The van der Waals surface area contributed by atoms with Crippen LogP contribution in [0.1, 0.15) is 36.0 Å². The molecule has 35 heavy (non-hydrogen) atoms. The van der Waals surface area contributed by atoms with Gasteiger partial charge in [0.2, 0.25) is 0 Å². The second kappa shape index (κ2) is 12.2. The van der Waals surface area contributed by atoms with Crippen molar-refractivity contribution in [1.82, 2.24) is 10.2 Å². The predicted molar refractivity (Wildman–Crippen MR) is 142 cm³/mol. The Labute approximate surface area is 208 Å². The van der Waals surface area contributed by atoms with Crippen LogP contribution in [0.15, 0.2) is 78.9 Å². The third kappa shape index (κ3) is 6.31. The van der Waals surface area contributed by atoms with Gasteiger partial charge in [0, 0.05) is 19.2 Å². The third-order valence-electron chi connectivity index (χ3n) is 6.41. The summed E-state index contributed by atoms with van der Waals surface area (Å²) >= 11 is 0. The first kappa shape index (κ1) is 24.6. The number of methoxy groups -OCH3 is 1. The van der Waals surface area contributed by atoms with Crippen LogP contribution in [-0.4, -0.2) is 51.2 Å². The maximum Gasteiger partial charge on any atom is 0.252 e. The zero-order valence-corrected chi connectivity index (χ0v) is 20.6. The number of likely N-dealkylation sites (N-methyl/N-ethyl adjacent to an activating group) is 1. The van der Waals surface area contributed by atoms with E-state index in [1.165, 1.54) is 19.3 Å². The number of likely N-dealkylation sites (tertiary alicyclic amines) is 1. The van der Waals surface area contributed by atoms with Crippen LogP contribution in [0.4, 0.5) is 0 Å². The number of nitrogens with zero attached hydrogens (tertiary/aromatic N) is 1. The lowest BCUT2D eigenvalue weighted by molar-refractivity contribution is -0.115. The molecule has 1 aliphatic heterocycles. The first-order valence-corrected chi connectivity index (χ1v) is 12.3. The fourth-order valence-corrected chi connectivity index (χ4v) is 4.53. The fourth-order valence-electron chi connectivity index (χ4n) is 4.53. The van der Waals surface area contributed by atoms with Crippen molar-refractivity contribution in [2.45, 2.75) is 19.3 Å². The van der Waals surface area contributed by atoms with Crippen LogP contribution in [0.5, 0.6) is 11.5 Å². The Kier molecular flexibility index (Phi) is 8.58. The van der Waals surface area contributed by atoms with Gasteiger partial charge in [0.25, 0.3) is 5.91 Å². The summed E-state index contributed by atoms with van der Waals surface area (Å²) in [6.45, 7) is 3.94. The molecular weight excluding hydrogens is 436 g/mol. The van der Waals surface area contributed by atoms with Crippen molar-refractivity contribution >= 4 is 17.1 Å². The molecule has 5 nitrogen and oxygen atoms in total. The van der Waals surface area contributed by atoms with Crippen LogP contribution in [0.2, 0.25) is 0 Å². The Morgan fingerprint density at radius 1 is 0.800 bits per heavy atom. The highest BCUT2D eigenvalue weighted by molar-refractivity contribution is 6.28. The van der Waals surface area contributed by atoms with E-state index in [-0.39, 0.29) is 5.91 Å².